The van der Waals surface area contributed by atoms with Crippen molar-refractivity contribution in [2.24, 2.45) is 0 Å². The van der Waals surface area contributed by atoms with Gasteiger partial charge in [-0.3, -0.25) is 0 Å². The molecule has 2 heteroatoms. The molecule has 0 aromatic carbocycles. The average Bonchev–Trinajstić information content (AvgIpc) is 2.78. The molecule has 0 aliphatic carbocycles. The van der Waals surface area contributed by atoms with Crippen molar-refractivity contribution in [1.29, 1.82) is 0 Å². The van der Waals surface area contributed by atoms with Crippen LogP contribution < -0.4 is 0 Å². The van der Waals surface area contributed by atoms with Crippen molar-refractivity contribution in [3.05, 3.63) is 23.8 Å². The summed E-state index contributed by atoms with van der Waals surface area (Å²) in [5.74, 6) is -0.179. The van der Waals surface area contributed by atoms with E-state index < -0.39 is 0 Å². The summed E-state index contributed by atoms with van der Waals surface area (Å²) in [7, 11) is 0. The Morgan fingerprint density at radius 1 is 1.00 bits per heavy atom. The lowest BCUT2D eigenvalue weighted by Crippen LogP contribution is -2.02. The van der Waals surface area contributed by atoms with E-state index in [1.54, 1.807) is 0 Å². The minimum atomic E-state index is -0.179. The maximum atomic E-state index is 11.4. The Morgan fingerprint density at radius 2 is 1.57 bits per heavy atom. The highest BCUT2D eigenvalue weighted by Crippen LogP contribution is 2.15. The number of esters is 1. The standard InChI is InChI=1S/C19H32O2/c1-3-4-5-6-7-8-9-10-11-12-13-14-15-18-16-17(2)21-19(18)20/h14-17H,3-13H2,1-2H3/b15-14+/t17-/m1/s1. The van der Waals surface area contributed by atoms with Crippen LogP contribution in [-0.4, -0.2) is 12.1 Å². The molecule has 120 valence electrons. The van der Waals surface area contributed by atoms with Gasteiger partial charge in [-0.2, -0.15) is 0 Å². The maximum absolute atomic E-state index is 11.4. The number of hydrogen-bond acceptors (Lipinski definition) is 2. The summed E-state index contributed by atoms with van der Waals surface area (Å²) in [6, 6.07) is 0. The molecule has 21 heavy (non-hydrogen) atoms. The SMILES string of the molecule is CCCCCCCCCCCC/C=C/C1=C[C@@H](C)OC1=O. The molecule has 0 bridgehead atoms. The molecular weight excluding hydrogens is 260 g/mol. The first-order valence-electron chi connectivity index (χ1n) is 8.83. The Kier molecular flexibility index (Phi) is 9.94. The fraction of sp³-hybridized carbons (Fsp3) is 0.737. The van der Waals surface area contributed by atoms with Crippen LogP contribution >= 0.6 is 0 Å². The summed E-state index contributed by atoms with van der Waals surface area (Å²) in [4.78, 5) is 11.4. The topological polar surface area (TPSA) is 26.3 Å². The van der Waals surface area contributed by atoms with Crippen LogP contribution in [0, 0.1) is 0 Å². The number of allylic oxidation sites excluding steroid dienone is 1. The van der Waals surface area contributed by atoms with Crippen molar-refractivity contribution in [1.82, 2.24) is 0 Å². The molecule has 2 nitrogen and oxygen atoms in total. The van der Waals surface area contributed by atoms with Gasteiger partial charge < -0.3 is 4.74 Å². The number of unbranched alkanes of at least 4 members (excludes halogenated alkanes) is 10. The van der Waals surface area contributed by atoms with Gasteiger partial charge in [-0.15, -0.1) is 0 Å². The van der Waals surface area contributed by atoms with E-state index in [1.807, 2.05) is 19.1 Å². The molecule has 0 spiro atoms. The molecule has 0 aromatic heterocycles. The van der Waals surface area contributed by atoms with Crippen molar-refractivity contribution in [3.63, 3.8) is 0 Å². The van der Waals surface area contributed by atoms with Crippen LogP contribution in [0.25, 0.3) is 0 Å². The molecule has 1 aliphatic rings. The number of carbonyl (C=O) groups excluding carboxylic acids is 1. The second-order valence-corrected chi connectivity index (χ2v) is 6.11. The monoisotopic (exact) mass is 292 g/mol. The summed E-state index contributed by atoms with van der Waals surface area (Å²) >= 11 is 0. The fourth-order valence-electron chi connectivity index (χ4n) is 2.68. The molecule has 1 rings (SSSR count). The van der Waals surface area contributed by atoms with Gasteiger partial charge in [0.25, 0.3) is 0 Å². The van der Waals surface area contributed by atoms with Crippen molar-refractivity contribution in [2.45, 2.75) is 90.6 Å². The highest BCUT2D eigenvalue weighted by molar-refractivity contribution is 5.93. The van der Waals surface area contributed by atoms with Crippen LogP contribution in [0.4, 0.5) is 0 Å². The van der Waals surface area contributed by atoms with Crippen LogP contribution in [0.2, 0.25) is 0 Å². The average molecular weight is 292 g/mol. The van der Waals surface area contributed by atoms with Gasteiger partial charge in [0.15, 0.2) is 0 Å². The van der Waals surface area contributed by atoms with Gasteiger partial charge in [0.1, 0.15) is 6.10 Å². The van der Waals surface area contributed by atoms with Gasteiger partial charge in [-0.05, 0) is 25.8 Å². The summed E-state index contributed by atoms with van der Waals surface area (Å²) < 4.78 is 5.05. The summed E-state index contributed by atoms with van der Waals surface area (Å²) in [5, 5.41) is 0. The van der Waals surface area contributed by atoms with Crippen molar-refractivity contribution in [3.8, 4) is 0 Å². The van der Waals surface area contributed by atoms with Crippen LogP contribution in [-0.2, 0) is 9.53 Å². The first kappa shape index (κ1) is 18.0. The largest absolute Gasteiger partial charge is 0.455 e. The van der Waals surface area contributed by atoms with Crippen molar-refractivity contribution in [2.75, 3.05) is 0 Å². The first-order chi connectivity index (χ1) is 10.2. The van der Waals surface area contributed by atoms with Gasteiger partial charge in [0, 0.05) is 0 Å². The molecule has 1 aliphatic heterocycles. The van der Waals surface area contributed by atoms with E-state index in [2.05, 4.69) is 13.0 Å². The number of cyclic esters (lactones) is 1. The minimum absolute atomic E-state index is 0.0607. The Balaban J connectivity index is 1.89. The van der Waals surface area contributed by atoms with E-state index in [0.717, 1.165) is 12.0 Å². The number of ether oxygens (including phenoxy) is 1. The molecule has 1 heterocycles. The Bertz CT molecular complexity index is 341. The molecule has 0 aromatic rings. The van der Waals surface area contributed by atoms with E-state index in [1.165, 1.54) is 64.2 Å². The molecule has 0 saturated carbocycles. The van der Waals surface area contributed by atoms with Crippen LogP contribution in [0.3, 0.4) is 0 Å². The van der Waals surface area contributed by atoms with E-state index in [-0.39, 0.29) is 12.1 Å². The summed E-state index contributed by atoms with van der Waals surface area (Å²) in [6.45, 7) is 4.15. The summed E-state index contributed by atoms with van der Waals surface area (Å²) in [5.41, 5.74) is 0.717. The van der Waals surface area contributed by atoms with E-state index in [4.69, 9.17) is 4.74 Å². The number of hydrogen-bond donors (Lipinski definition) is 0. The Morgan fingerprint density at radius 3 is 2.10 bits per heavy atom. The lowest BCUT2D eigenvalue weighted by molar-refractivity contribution is -0.138. The zero-order valence-electron chi connectivity index (χ0n) is 13.9. The second-order valence-electron chi connectivity index (χ2n) is 6.11. The molecular formula is C19H32O2. The highest BCUT2D eigenvalue weighted by Gasteiger charge is 2.19. The predicted octanol–water partition coefficient (Wildman–Crippen LogP) is 5.73. The molecule has 0 saturated heterocycles. The molecule has 0 amide bonds. The van der Waals surface area contributed by atoms with Gasteiger partial charge in [-0.1, -0.05) is 76.9 Å². The molecule has 0 fully saturated rings. The predicted molar refractivity (Wildman–Crippen MR) is 89.2 cm³/mol. The molecule has 0 radical (unpaired) electrons. The second kappa shape index (κ2) is 11.6. The Hall–Kier alpha value is -1.05. The molecule has 0 unspecified atom stereocenters. The van der Waals surface area contributed by atoms with Crippen LogP contribution in [0.15, 0.2) is 23.8 Å². The van der Waals surface area contributed by atoms with E-state index in [9.17, 15) is 4.79 Å². The maximum Gasteiger partial charge on any atom is 0.338 e. The number of rotatable bonds is 12. The van der Waals surface area contributed by atoms with Crippen molar-refractivity contribution >= 4 is 5.97 Å². The van der Waals surface area contributed by atoms with Crippen LogP contribution in [0.1, 0.15) is 84.5 Å². The third kappa shape index (κ3) is 8.75. The minimum Gasteiger partial charge on any atom is -0.455 e. The Labute approximate surface area is 130 Å². The molecule has 0 N–H and O–H groups in total. The number of carbonyl (C=O) groups is 1. The quantitative estimate of drug-likeness (QED) is 0.339. The smallest absolute Gasteiger partial charge is 0.338 e. The normalized spacial score (nSPS) is 18.3. The highest BCUT2D eigenvalue weighted by atomic mass is 16.5. The molecule has 1 atom stereocenters. The zero-order valence-corrected chi connectivity index (χ0v) is 13.9. The van der Waals surface area contributed by atoms with Gasteiger partial charge in [0.05, 0.1) is 5.57 Å². The van der Waals surface area contributed by atoms with Gasteiger partial charge >= 0.3 is 5.97 Å². The zero-order chi connectivity index (χ0) is 15.3. The van der Waals surface area contributed by atoms with Gasteiger partial charge in [0.2, 0.25) is 0 Å². The summed E-state index contributed by atoms with van der Waals surface area (Å²) in [6.07, 6.45) is 20.5. The lowest BCUT2D eigenvalue weighted by Gasteiger charge is -2.01. The van der Waals surface area contributed by atoms with Gasteiger partial charge in [-0.25, -0.2) is 4.79 Å². The van der Waals surface area contributed by atoms with Crippen LogP contribution in [0.5, 0.6) is 0 Å². The van der Waals surface area contributed by atoms with Crippen molar-refractivity contribution < 1.29 is 9.53 Å². The van der Waals surface area contributed by atoms with E-state index in [0.29, 0.717) is 0 Å². The lowest BCUT2D eigenvalue weighted by atomic mass is 10.1. The third-order valence-electron chi connectivity index (χ3n) is 3.96. The third-order valence-corrected chi connectivity index (χ3v) is 3.96. The first-order valence-corrected chi connectivity index (χ1v) is 8.83. The van der Waals surface area contributed by atoms with E-state index >= 15 is 0 Å². The fourth-order valence-corrected chi connectivity index (χ4v) is 2.68.